The van der Waals surface area contributed by atoms with E-state index >= 15 is 0 Å². The van der Waals surface area contributed by atoms with E-state index in [1.165, 1.54) is 18.4 Å². The molecule has 2 N–H and O–H groups in total. The van der Waals surface area contributed by atoms with Crippen molar-refractivity contribution in [3.63, 3.8) is 0 Å². The Labute approximate surface area is 153 Å². The van der Waals surface area contributed by atoms with Crippen LogP contribution in [0.5, 0.6) is 5.75 Å². The molecule has 1 aromatic carbocycles. The maximum atomic E-state index is 11.9. The van der Waals surface area contributed by atoms with Gasteiger partial charge in [-0.25, -0.2) is 0 Å². The van der Waals surface area contributed by atoms with E-state index in [1.807, 2.05) is 0 Å². The quantitative estimate of drug-likeness (QED) is 0.697. The van der Waals surface area contributed by atoms with E-state index in [-0.39, 0.29) is 0 Å². The Morgan fingerprint density at radius 1 is 1.04 bits per heavy atom. The fourth-order valence-electron chi connectivity index (χ4n) is 1.83. The van der Waals surface area contributed by atoms with Crippen molar-refractivity contribution in [2.75, 3.05) is 20.3 Å². The number of methoxy groups -OCH3 is 1. The number of carbonyl (C=O) groups excluding carboxylic acids is 4. The molecule has 0 unspecified atom stereocenters. The fraction of sp³-hybridized carbons (Fsp3) is 0.176. The Balaban J connectivity index is 1.70. The molecule has 0 spiro atoms. The first kappa shape index (κ1) is 19.1. The SMILES string of the molecule is COc1ccc(C(=O)NCC(=O)OCC(=O)NC(=O)c2cccs2)cc1. The monoisotopic (exact) mass is 376 g/mol. The molecule has 2 aromatic rings. The minimum atomic E-state index is -0.800. The molecule has 0 fully saturated rings. The van der Waals surface area contributed by atoms with E-state index < -0.39 is 36.8 Å². The fourth-order valence-corrected chi connectivity index (χ4v) is 2.44. The number of nitrogens with one attached hydrogen (secondary N) is 2. The molecule has 0 saturated carbocycles. The lowest BCUT2D eigenvalue weighted by molar-refractivity contribution is -0.147. The van der Waals surface area contributed by atoms with Gasteiger partial charge in [-0.3, -0.25) is 24.5 Å². The second-order valence-corrected chi connectivity index (χ2v) is 5.87. The molecule has 0 aliphatic heterocycles. The molecule has 9 heteroatoms. The molecule has 3 amide bonds. The van der Waals surface area contributed by atoms with Gasteiger partial charge in [-0.2, -0.15) is 0 Å². The van der Waals surface area contributed by atoms with Gasteiger partial charge in [0.1, 0.15) is 12.3 Å². The third-order valence-electron chi connectivity index (χ3n) is 3.11. The Hall–Kier alpha value is -3.20. The van der Waals surface area contributed by atoms with Crippen LogP contribution >= 0.6 is 11.3 Å². The molecule has 0 aliphatic carbocycles. The van der Waals surface area contributed by atoms with Crippen LogP contribution in [0.4, 0.5) is 0 Å². The van der Waals surface area contributed by atoms with Crippen LogP contribution in [0, 0.1) is 0 Å². The summed E-state index contributed by atoms with van der Waals surface area (Å²) < 4.78 is 9.70. The van der Waals surface area contributed by atoms with Crippen LogP contribution in [0.3, 0.4) is 0 Å². The molecule has 8 nitrogen and oxygen atoms in total. The normalized spacial score (nSPS) is 9.88. The standard InChI is InChI=1S/C17H16N2O6S/c1-24-12-6-4-11(5-7-12)16(22)18-9-15(21)25-10-14(20)19-17(23)13-3-2-8-26-13/h2-8H,9-10H2,1H3,(H,18,22)(H,19,20,23). The summed E-state index contributed by atoms with van der Waals surface area (Å²) in [5, 5.41) is 6.17. The molecule has 136 valence electrons. The van der Waals surface area contributed by atoms with Crippen molar-refractivity contribution >= 4 is 35.0 Å². The van der Waals surface area contributed by atoms with Crippen LogP contribution < -0.4 is 15.4 Å². The predicted octanol–water partition coefficient (Wildman–Crippen LogP) is 0.986. The third kappa shape index (κ3) is 5.71. The molecule has 1 aromatic heterocycles. The van der Waals surface area contributed by atoms with E-state index in [0.29, 0.717) is 16.2 Å². The van der Waals surface area contributed by atoms with E-state index in [9.17, 15) is 19.2 Å². The van der Waals surface area contributed by atoms with Gasteiger partial charge in [0.2, 0.25) is 0 Å². The summed E-state index contributed by atoms with van der Waals surface area (Å²) in [7, 11) is 1.51. The summed E-state index contributed by atoms with van der Waals surface area (Å²) >= 11 is 1.18. The van der Waals surface area contributed by atoms with Crippen LogP contribution in [0.1, 0.15) is 20.0 Å². The molecule has 0 aliphatic rings. The number of esters is 1. The molecule has 2 rings (SSSR count). The Bertz CT molecular complexity index is 786. The van der Waals surface area contributed by atoms with Crippen LogP contribution in [0.2, 0.25) is 0 Å². The van der Waals surface area contributed by atoms with E-state index in [1.54, 1.807) is 41.8 Å². The lowest BCUT2D eigenvalue weighted by Gasteiger charge is -2.07. The summed E-state index contributed by atoms with van der Waals surface area (Å²) in [6, 6.07) is 9.56. The van der Waals surface area contributed by atoms with Crippen molar-refractivity contribution in [3.8, 4) is 5.75 Å². The molecule has 26 heavy (non-hydrogen) atoms. The zero-order valence-corrected chi connectivity index (χ0v) is 14.6. The number of amides is 3. The maximum Gasteiger partial charge on any atom is 0.325 e. The number of thiophene rings is 1. The number of benzene rings is 1. The second-order valence-electron chi connectivity index (χ2n) is 4.93. The van der Waals surface area contributed by atoms with Crippen LogP contribution in [0.25, 0.3) is 0 Å². The maximum absolute atomic E-state index is 11.9. The average Bonchev–Trinajstić information content (AvgIpc) is 3.19. The highest BCUT2D eigenvalue weighted by molar-refractivity contribution is 7.12. The Morgan fingerprint density at radius 2 is 1.77 bits per heavy atom. The summed E-state index contributed by atoms with van der Waals surface area (Å²) in [5.74, 6) is -1.98. The van der Waals surface area contributed by atoms with E-state index in [2.05, 4.69) is 10.6 Å². The third-order valence-corrected chi connectivity index (χ3v) is 3.98. The number of ether oxygens (including phenoxy) is 2. The summed E-state index contributed by atoms with van der Waals surface area (Å²) in [5.41, 5.74) is 0.345. The lowest BCUT2D eigenvalue weighted by Crippen LogP contribution is -2.36. The van der Waals surface area contributed by atoms with Crippen LogP contribution in [-0.2, 0) is 14.3 Å². The minimum absolute atomic E-state index is 0.345. The van der Waals surface area contributed by atoms with Gasteiger partial charge in [0.25, 0.3) is 17.7 Å². The van der Waals surface area contributed by atoms with Crippen molar-refractivity contribution in [3.05, 3.63) is 52.2 Å². The van der Waals surface area contributed by atoms with Crippen molar-refractivity contribution in [2.24, 2.45) is 0 Å². The highest BCUT2D eigenvalue weighted by Gasteiger charge is 2.14. The first-order valence-corrected chi connectivity index (χ1v) is 8.33. The van der Waals surface area contributed by atoms with Gasteiger partial charge in [0.05, 0.1) is 12.0 Å². The molecule has 1 heterocycles. The molecule has 0 atom stereocenters. The zero-order chi connectivity index (χ0) is 18.9. The molecule has 0 saturated heterocycles. The highest BCUT2D eigenvalue weighted by Crippen LogP contribution is 2.11. The van der Waals surface area contributed by atoms with Crippen molar-refractivity contribution in [2.45, 2.75) is 0 Å². The Kier molecular flexibility index (Phi) is 6.86. The Morgan fingerprint density at radius 3 is 2.38 bits per heavy atom. The summed E-state index contributed by atoms with van der Waals surface area (Å²) in [6.07, 6.45) is 0. The largest absolute Gasteiger partial charge is 0.497 e. The first-order chi connectivity index (χ1) is 12.5. The van der Waals surface area contributed by atoms with Gasteiger partial charge in [0.15, 0.2) is 6.61 Å². The van der Waals surface area contributed by atoms with Crippen molar-refractivity contribution in [1.82, 2.24) is 10.6 Å². The second kappa shape index (κ2) is 9.33. The minimum Gasteiger partial charge on any atom is -0.497 e. The molecular formula is C17H16N2O6S. The van der Waals surface area contributed by atoms with Crippen LogP contribution in [-0.4, -0.2) is 44.0 Å². The number of carbonyl (C=O) groups is 4. The first-order valence-electron chi connectivity index (χ1n) is 7.45. The van der Waals surface area contributed by atoms with Crippen molar-refractivity contribution in [1.29, 1.82) is 0 Å². The van der Waals surface area contributed by atoms with Gasteiger partial charge in [-0.1, -0.05) is 6.07 Å². The van der Waals surface area contributed by atoms with Gasteiger partial charge >= 0.3 is 5.97 Å². The number of hydrogen-bond acceptors (Lipinski definition) is 7. The van der Waals surface area contributed by atoms with E-state index in [4.69, 9.17) is 9.47 Å². The van der Waals surface area contributed by atoms with E-state index in [0.717, 1.165) is 0 Å². The van der Waals surface area contributed by atoms with Gasteiger partial charge < -0.3 is 14.8 Å². The summed E-state index contributed by atoms with van der Waals surface area (Å²) in [6.45, 7) is -1.02. The average molecular weight is 376 g/mol. The molecule has 0 radical (unpaired) electrons. The van der Waals surface area contributed by atoms with Gasteiger partial charge in [-0.15, -0.1) is 11.3 Å². The number of rotatable bonds is 7. The molecular weight excluding hydrogens is 360 g/mol. The predicted molar refractivity (Wildman–Crippen MR) is 93.1 cm³/mol. The van der Waals surface area contributed by atoms with Gasteiger partial charge in [0, 0.05) is 5.56 Å². The van der Waals surface area contributed by atoms with Crippen LogP contribution in [0.15, 0.2) is 41.8 Å². The summed E-state index contributed by atoms with van der Waals surface area (Å²) in [4.78, 5) is 47.1. The lowest BCUT2D eigenvalue weighted by atomic mass is 10.2. The smallest absolute Gasteiger partial charge is 0.325 e. The van der Waals surface area contributed by atoms with Crippen molar-refractivity contribution < 1.29 is 28.7 Å². The zero-order valence-electron chi connectivity index (χ0n) is 13.8. The number of hydrogen-bond donors (Lipinski definition) is 2. The topological polar surface area (TPSA) is 111 Å². The highest BCUT2D eigenvalue weighted by atomic mass is 32.1. The molecule has 0 bridgehead atoms. The number of imide groups is 1. The van der Waals surface area contributed by atoms with Gasteiger partial charge in [-0.05, 0) is 35.7 Å².